The van der Waals surface area contributed by atoms with Gasteiger partial charge in [-0.15, -0.1) is 0 Å². The molecule has 0 saturated heterocycles. The van der Waals surface area contributed by atoms with Crippen LogP contribution < -0.4 is 4.74 Å². The van der Waals surface area contributed by atoms with Crippen LogP contribution in [0.15, 0.2) is 30.3 Å². The van der Waals surface area contributed by atoms with Crippen LogP contribution in [-0.2, 0) is 11.1 Å². The van der Waals surface area contributed by atoms with Crippen LogP contribution in [0.5, 0.6) is 5.75 Å². The highest BCUT2D eigenvalue weighted by molar-refractivity contribution is 7.78. The summed E-state index contributed by atoms with van der Waals surface area (Å²) < 4.78 is 22.9. The molecule has 1 aromatic carbocycles. The summed E-state index contributed by atoms with van der Waals surface area (Å²) in [7, 11) is 1.66. The van der Waals surface area contributed by atoms with Crippen molar-refractivity contribution in [3.63, 3.8) is 0 Å². The van der Waals surface area contributed by atoms with E-state index in [1.165, 1.54) is 0 Å². The van der Waals surface area contributed by atoms with Gasteiger partial charge in [-0.25, -0.2) is 0 Å². The van der Waals surface area contributed by atoms with Crippen LogP contribution in [0.25, 0.3) is 0 Å². The molecule has 0 aromatic heterocycles. The zero-order valence-corrected chi connectivity index (χ0v) is 7.84. The van der Waals surface area contributed by atoms with E-state index in [2.05, 4.69) is 0 Å². The molecule has 0 fully saturated rings. The van der Waals surface area contributed by atoms with E-state index in [0.29, 0.717) is 0 Å². The minimum absolute atomic E-state index is 0.910. The third kappa shape index (κ3) is 7.24. The van der Waals surface area contributed by atoms with Gasteiger partial charge in [-0.05, 0) is 18.4 Å². The molecule has 0 N–H and O–H groups in total. The van der Waals surface area contributed by atoms with Crippen molar-refractivity contribution in [1.82, 2.24) is 0 Å². The number of hydrogen-bond acceptors (Lipinski definition) is 3. The zero-order valence-electron chi connectivity index (χ0n) is 7.02. The fraction of sp³-hybridized carbons (Fsp3) is 0.250. The maximum absolute atomic E-state index is 9.00. The van der Waals surface area contributed by atoms with E-state index in [1.54, 1.807) is 7.11 Å². The maximum Gasteiger partial charge on any atom is 0.118 e. The number of hydrogen-bond donors (Lipinski definition) is 0. The van der Waals surface area contributed by atoms with Crippen LogP contribution in [-0.4, -0.2) is 22.1 Å². The van der Waals surface area contributed by atoms with Crippen molar-refractivity contribution in [1.29, 1.82) is 0 Å². The van der Waals surface area contributed by atoms with E-state index in [-0.39, 0.29) is 0 Å². The first kappa shape index (κ1) is 11.1. The second-order valence-corrected chi connectivity index (χ2v) is 2.72. The van der Waals surface area contributed by atoms with E-state index < -0.39 is 11.1 Å². The Morgan fingerprint density at radius 3 is 2.00 bits per heavy atom. The van der Waals surface area contributed by atoms with Gasteiger partial charge < -0.3 is 9.29 Å². The van der Waals surface area contributed by atoms with Crippen molar-refractivity contribution in [2.75, 3.05) is 13.4 Å². The lowest BCUT2D eigenvalue weighted by molar-refractivity contribution is 0.415. The van der Waals surface area contributed by atoms with Crippen LogP contribution in [0.2, 0.25) is 0 Å². The maximum atomic E-state index is 9.00. The second kappa shape index (κ2) is 6.82. The number of para-hydroxylation sites is 1. The molecule has 0 aliphatic heterocycles. The Kier molecular flexibility index (Phi) is 6.32. The first-order valence-corrected chi connectivity index (χ1v) is 4.75. The molecule has 12 heavy (non-hydrogen) atoms. The van der Waals surface area contributed by atoms with Gasteiger partial charge in [0.05, 0.1) is 7.11 Å². The standard InChI is InChI=1S/C7H8O.CH4O2S/c1-8-7-5-3-2-4-6-7;1-4(2)3/h2-6H,1H3;1H3,(H,2,3)/p-1. The van der Waals surface area contributed by atoms with Crippen molar-refractivity contribution in [3.8, 4) is 5.75 Å². The Hall–Kier alpha value is -0.870. The van der Waals surface area contributed by atoms with Crippen LogP contribution in [0.1, 0.15) is 0 Å². The van der Waals surface area contributed by atoms with Crippen molar-refractivity contribution >= 4 is 11.1 Å². The van der Waals surface area contributed by atoms with Gasteiger partial charge in [0.1, 0.15) is 5.75 Å². The molecular weight excluding hydrogens is 176 g/mol. The van der Waals surface area contributed by atoms with Crippen LogP contribution >= 0.6 is 0 Å². The van der Waals surface area contributed by atoms with Crippen LogP contribution in [0.4, 0.5) is 0 Å². The summed E-state index contributed by atoms with van der Waals surface area (Å²) in [5, 5.41) is 0. The highest BCUT2D eigenvalue weighted by Gasteiger charge is 1.80. The van der Waals surface area contributed by atoms with Gasteiger partial charge >= 0.3 is 0 Å². The Morgan fingerprint density at radius 2 is 1.75 bits per heavy atom. The summed E-state index contributed by atoms with van der Waals surface area (Å²) >= 11 is -1.86. The summed E-state index contributed by atoms with van der Waals surface area (Å²) in [5.74, 6) is 0.910. The molecule has 3 nitrogen and oxygen atoms in total. The lowest BCUT2D eigenvalue weighted by atomic mass is 10.3. The Labute approximate surface area is 74.7 Å². The van der Waals surface area contributed by atoms with Gasteiger partial charge in [0, 0.05) is 0 Å². The molecule has 68 valence electrons. The largest absolute Gasteiger partial charge is 0.773 e. The van der Waals surface area contributed by atoms with E-state index >= 15 is 0 Å². The number of methoxy groups -OCH3 is 1. The van der Waals surface area contributed by atoms with E-state index in [4.69, 9.17) is 13.5 Å². The predicted molar refractivity (Wildman–Crippen MR) is 47.8 cm³/mol. The third-order valence-corrected chi connectivity index (χ3v) is 0.979. The SMILES string of the molecule is COc1ccccc1.CS(=O)[O-]. The molecule has 0 spiro atoms. The van der Waals surface area contributed by atoms with Gasteiger partial charge in [0.2, 0.25) is 0 Å². The molecule has 4 heteroatoms. The second-order valence-electron chi connectivity index (χ2n) is 1.92. The predicted octanol–water partition coefficient (Wildman–Crippen LogP) is 1.19. The molecule has 0 amide bonds. The van der Waals surface area contributed by atoms with Gasteiger partial charge in [-0.1, -0.05) is 29.3 Å². The highest BCUT2D eigenvalue weighted by Crippen LogP contribution is 2.05. The third-order valence-electron chi connectivity index (χ3n) is 0.979. The average molecular weight is 187 g/mol. The summed E-state index contributed by atoms with van der Waals surface area (Å²) in [4.78, 5) is 0. The smallest absolute Gasteiger partial charge is 0.118 e. The molecule has 0 heterocycles. The van der Waals surface area contributed by atoms with Crippen molar-refractivity contribution in [3.05, 3.63) is 30.3 Å². The van der Waals surface area contributed by atoms with Gasteiger partial charge in [-0.3, -0.25) is 4.21 Å². The summed E-state index contributed by atoms with van der Waals surface area (Å²) in [6, 6.07) is 9.68. The molecule has 0 aliphatic carbocycles. The van der Waals surface area contributed by atoms with Gasteiger partial charge in [0.25, 0.3) is 0 Å². The van der Waals surface area contributed by atoms with E-state index in [1.807, 2.05) is 30.3 Å². The molecule has 0 bridgehead atoms. The topological polar surface area (TPSA) is 49.4 Å². The first-order chi connectivity index (χ1) is 5.66. The van der Waals surface area contributed by atoms with Gasteiger partial charge in [0.15, 0.2) is 0 Å². The Balaban J connectivity index is 0.000000261. The lowest BCUT2D eigenvalue weighted by Crippen LogP contribution is -1.78. The minimum atomic E-state index is -1.86. The first-order valence-electron chi connectivity index (χ1n) is 3.26. The molecule has 0 radical (unpaired) electrons. The fourth-order valence-corrected chi connectivity index (χ4v) is 0.557. The number of rotatable bonds is 1. The van der Waals surface area contributed by atoms with Gasteiger partial charge in [-0.2, -0.15) is 0 Å². The molecular formula is C8H11O3S-. The summed E-state index contributed by atoms with van der Waals surface area (Å²) in [6.07, 6.45) is 1.08. The highest BCUT2D eigenvalue weighted by atomic mass is 32.2. The summed E-state index contributed by atoms with van der Waals surface area (Å²) in [6.45, 7) is 0. The lowest BCUT2D eigenvalue weighted by Gasteiger charge is -1.93. The zero-order chi connectivity index (χ0) is 9.40. The molecule has 1 unspecified atom stereocenters. The van der Waals surface area contributed by atoms with E-state index in [0.717, 1.165) is 12.0 Å². The molecule has 0 saturated carbocycles. The molecule has 1 rings (SSSR count). The molecule has 1 aromatic rings. The quantitative estimate of drug-likeness (QED) is 0.620. The van der Waals surface area contributed by atoms with Crippen LogP contribution in [0.3, 0.4) is 0 Å². The Morgan fingerprint density at radius 1 is 1.33 bits per heavy atom. The Bertz CT molecular complexity index is 219. The van der Waals surface area contributed by atoms with Crippen molar-refractivity contribution in [2.45, 2.75) is 0 Å². The fourth-order valence-electron chi connectivity index (χ4n) is 0.557. The molecule has 0 aliphatic rings. The minimum Gasteiger partial charge on any atom is -0.773 e. The summed E-state index contributed by atoms with van der Waals surface area (Å²) in [5.41, 5.74) is 0. The van der Waals surface area contributed by atoms with Crippen molar-refractivity contribution < 1.29 is 13.5 Å². The number of ether oxygens (including phenoxy) is 1. The number of benzene rings is 1. The average Bonchev–Trinajstić information content (AvgIpc) is 2.05. The molecule has 1 atom stereocenters. The van der Waals surface area contributed by atoms with Crippen LogP contribution in [0, 0.1) is 0 Å². The normalized spacial score (nSPS) is 10.9. The monoisotopic (exact) mass is 187 g/mol. The van der Waals surface area contributed by atoms with Crippen molar-refractivity contribution in [2.24, 2.45) is 0 Å². The van der Waals surface area contributed by atoms with E-state index in [9.17, 15) is 0 Å².